The fourth-order valence-electron chi connectivity index (χ4n) is 3.39. The second kappa shape index (κ2) is 11.2. The number of likely N-dealkylation sites (tertiary alicyclic amines) is 1. The Hall–Kier alpha value is -2.89. The number of hydrogen-bond donors (Lipinski definition) is 2. The van der Waals surface area contributed by atoms with Crippen molar-refractivity contribution in [3.8, 4) is 5.75 Å². The van der Waals surface area contributed by atoms with E-state index in [9.17, 15) is 9.90 Å². The molecule has 1 aromatic heterocycles. The first kappa shape index (κ1) is 22.4. The van der Waals surface area contributed by atoms with Gasteiger partial charge in [-0.3, -0.25) is 9.69 Å². The van der Waals surface area contributed by atoms with Crippen molar-refractivity contribution in [1.82, 2.24) is 14.8 Å². The predicted octanol–water partition coefficient (Wildman–Crippen LogP) is 3.31. The predicted molar refractivity (Wildman–Crippen MR) is 121 cm³/mol. The minimum absolute atomic E-state index is 0.209. The number of aromatic nitrogens is 1. The highest BCUT2D eigenvalue weighted by atomic mass is 16.3. The van der Waals surface area contributed by atoms with Crippen molar-refractivity contribution in [2.75, 3.05) is 19.6 Å². The summed E-state index contributed by atoms with van der Waals surface area (Å²) in [7, 11) is 0. The summed E-state index contributed by atoms with van der Waals surface area (Å²) in [5.41, 5.74) is 2.20. The van der Waals surface area contributed by atoms with E-state index in [4.69, 9.17) is 0 Å². The Morgan fingerprint density at radius 3 is 2.41 bits per heavy atom. The maximum atomic E-state index is 12.5. The first-order valence-electron chi connectivity index (χ1n) is 9.77. The van der Waals surface area contributed by atoms with Crippen LogP contribution in [-0.2, 0) is 13.1 Å². The molecule has 0 aliphatic carbocycles. The SMILES string of the molecule is C=C/C=C(\C=C)CN1CCC(NCc2ccn(C/C(C=C)=C/C=C)c(=O)c2O)C1. The van der Waals surface area contributed by atoms with Crippen LogP contribution in [0, 0.1) is 0 Å². The number of pyridine rings is 1. The summed E-state index contributed by atoms with van der Waals surface area (Å²) in [4.78, 5) is 14.8. The van der Waals surface area contributed by atoms with Gasteiger partial charge in [0.2, 0.25) is 0 Å². The van der Waals surface area contributed by atoms with Crippen LogP contribution in [0.1, 0.15) is 12.0 Å². The van der Waals surface area contributed by atoms with Gasteiger partial charge < -0.3 is 15.0 Å². The van der Waals surface area contributed by atoms with E-state index in [1.807, 2.05) is 12.2 Å². The van der Waals surface area contributed by atoms with E-state index in [1.54, 1.807) is 36.6 Å². The second-order valence-electron chi connectivity index (χ2n) is 7.09. The van der Waals surface area contributed by atoms with Crippen LogP contribution in [0.2, 0.25) is 0 Å². The zero-order chi connectivity index (χ0) is 21.2. The fraction of sp³-hybridized carbons (Fsp3) is 0.292. The zero-order valence-electron chi connectivity index (χ0n) is 17.0. The molecule has 1 saturated heterocycles. The van der Waals surface area contributed by atoms with E-state index >= 15 is 0 Å². The van der Waals surface area contributed by atoms with Gasteiger partial charge in [0.05, 0.1) is 6.54 Å². The average molecular weight is 394 g/mol. The van der Waals surface area contributed by atoms with Gasteiger partial charge >= 0.3 is 0 Å². The summed E-state index contributed by atoms with van der Waals surface area (Å²) in [5.74, 6) is -0.209. The first-order valence-corrected chi connectivity index (χ1v) is 9.77. The maximum Gasteiger partial charge on any atom is 0.293 e. The molecule has 1 aliphatic heterocycles. The topological polar surface area (TPSA) is 57.5 Å². The Kier molecular flexibility index (Phi) is 8.65. The van der Waals surface area contributed by atoms with Gasteiger partial charge in [-0.1, -0.05) is 62.8 Å². The third-order valence-electron chi connectivity index (χ3n) is 5.02. The normalized spacial score (nSPS) is 17.9. The number of aromatic hydroxyl groups is 1. The number of nitrogens with one attached hydrogen (secondary N) is 1. The van der Waals surface area contributed by atoms with Crippen molar-refractivity contribution in [2.45, 2.75) is 25.6 Å². The molecule has 0 amide bonds. The Balaban J connectivity index is 1.96. The molecular formula is C24H31N3O2. The van der Waals surface area contributed by atoms with Crippen LogP contribution in [-0.4, -0.2) is 40.2 Å². The molecule has 0 bridgehead atoms. The molecule has 1 atom stereocenters. The number of nitrogens with zero attached hydrogens (tertiary/aromatic N) is 2. The molecule has 2 rings (SSSR count). The Labute approximate surface area is 173 Å². The molecule has 5 nitrogen and oxygen atoms in total. The van der Waals surface area contributed by atoms with Gasteiger partial charge in [0.15, 0.2) is 5.75 Å². The third-order valence-corrected chi connectivity index (χ3v) is 5.02. The minimum Gasteiger partial charge on any atom is -0.503 e. The second-order valence-corrected chi connectivity index (χ2v) is 7.09. The lowest BCUT2D eigenvalue weighted by molar-refractivity contribution is 0.356. The Morgan fingerprint density at radius 2 is 1.79 bits per heavy atom. The molecule has 0 radical (unpaired) electrons. The zero-order valence-corrected chi connectivity index (χ0v) is 17.0. The molecule has 1 unspecified atom stereocenters. The van der Waals surface area contributed by atoms with Crippen LogP contribution in [0.15, 0.2) is 91.0 Å². The Morgan fingerprint density at radius 1 is 1.14 bits per heavy atom. The molecule has 154 valence electrons. The smallest absolute Gasteiger partial charge is 0.293 e. The molecule has 2 N–H and O–H groups in total. The lowest BCUT2D eigenvalue weighted by atomic mass is 10.2. The van der Waals surface area contributed by atoms with Crippen molar-refractivity contribution in [1.29, 1.82) is 0 Å². The van der Waals surface area contributed by atoms with Crippen LogP contribution in [0.5, 0.6) is 5.75 Å². The summed E-state index contributed by atoms with van der Waals surface area (Å²) < 4.78 is 1.47. The molecule has 1 aromatic rings. The first-order chi connectivity index (χ1) is 14.0. The van der Waals surface area contributed by atoms with E-state index in [1.165, 1.54) is 4.57 Å². The maximum absolute atomic E-state index is 12.5. The third kappa shape index (κ3) is 6.31. The summed E-state index contributed by atoms with van der Waals surface area (Å²) in [5, 5.41) is 13.8. The van der Waals surface area contributed by atoms with Crippen LogP contribution in [0.4, 0.5) is 0 Å². The molecule has 0 aromatic carbocycles. The summed E-state index contributed by atoms with van der Waals surface area (Å²) in [6, 6.07) is 2.10. The largest absolute Gasteiger partial charge is 0.503 e. The summed E-state index contributed by atoms with van der Waals surface area (Å²) in [6.45, 7) is 18.5. The van der Waals surface area contributed by atoms with Gasteiger partial charge in [0, 0.05) is 44.0 Å². The van der Waals surface area contributed by atoms with E-state index in [-0.39, 0.29) is 5.75 Å². The van der Waals surface area contributed by atoms with Crippen molar-refractivity contribution < 1.29 is 5.11 Å². The van der Waals surface area contributed by atoms with Gasteiger partial charge in [-0.05, 0) is 23.6 Å². The van der Waals surface area contributed by atoms with Gasteiger partial charge in [-0.25, -0.2) is 0 Å². The van der Waals surface area contributed by atoms with Crippen molar-refractivity contribution in [2.24, 2.45) is 0 Å². The van der Waals surface area contributed by atoms with E-state index in [2.05, 4.69) is 36.5 Å². The van der Waals surface area contributed by atoms with Gasteiger partial charge in [-0.2, -0.15) is 0 Å². The quantitative estimate of drug-likeness (QED) is 0.567. The molecule has 0 saturated carbocycles. The van der Waals surface area contributed by atoms with Crippen LogP contribution >= 0.6 is 0 Å². The standard InChI is InChI=1S/C24H31N3O2/c1-5-9-19(7-3)16-26-13-12-22(18-26)25-15-21-11-14-27(24(29)23(21)28)17-20(8-4)10-6-2/h5-11,14,22,25,28H,1-4,12-13,15-18H2/b19-9+,20-10+. The van der Waals surface area contributed by atoms with Crippen molar-refractivity contribution in [3.63, 3.8) is 0 Å². The van der Waals surface area contributed by atoms with Crippen LogP contribution in [0.25, 0.3) is 0 Å². The van der Waals surface area contributed by atoms with E-state index in [0.717, 1.165) is 37.2 Å². The van der Waals surface area contributed by atoms with Gasteiger partial charge in [0.25, 0.3) is 5.56 Å². The number of allylic oxidation sites excluding steroid dienone is 6. The van der Waals surface area contributed by atoms with Crippen molar-refractivity contribution >= 4 is 0 Å². The molecule has 29 heavy (non-hydrogen) atoms. The molecule has 1 fully saturated rings. The van der Waals surface area contributed by atoms with E-state index in [0.29, 0.717) is 24.7 Å². The van der Waals surface area contributed by atoms with Crippen LogP contribution in [0.3, 0.4) is 0 Å². The lowest BCUT2D eigenvalue weighted by Crippen LogP contribution is -2.33. The van der Waals surface area contributed by atoms with Crippen molar-refractivity contribution in [3.05, 3.63) is 102 Å². The molecule has 5 heteroatoms. The lowest BCUT2D eigenvalue weighted by Gasteiger charge is -2.17. The fourth-order valence-corrected chi connectivity index (χ4v) is 3.39. The summed E-state index contributed by atoms with van der Waals surface area (Å²) in [6.07, 6.45) is 13.5. The number of rotatable bonds is 11. The van der Waals surface area contributed by atoms with Gasteiger partial charge in [-0.15, -0.1) is 0 Å². The average Bonchev–Trinajstić information content (AvgIpc) is 3.17. The monoisotopic (exact) mass is 393 g/mol. The molecule has 2 heterocycles. The highest BCUT2D eigenvalue weighted by Gasteiger charge is 2.22. The molecule has 0 spiro atoms. The Bertz CT molecular complexity index is 877. The highest BCUT2D eigenvalue weighted by Crippen LogP contribution is 2.15. The van der Waals surface area contributed by atoms with Gasteiger partial charge in [0.1, 0.15) is 0 Å². The molecular weight excluding hydrogens is 362 g/mol. The highest BCUT2D eigenvalue weighted by molar-refractivity contribution is 5.30. The van der Waals surface area contributed by atoms with Crippen LogP contribution < -0.4 is 10.9 Å². The molecule has 1 aliphatic rings. The van der Waals surface area contributed by atoms with E-state index < -0.39 is 5.56 Å². The minimum atomic E-state index is -0.403. The number of hydrogen-bond acceptors (Lipinski definition) is 4. The summed E-state index contributed by atoms with van der Waals surface area (Å²) >= 11 is 0.